The zero-order valence-corrected chi connectivity index (χ0v) is 13.3. The number of benzene rings is 1. The van der Waals surface area contributed by atoms with Gasteiger partial charge in [0, 0.05) is 6.54 Å². The topological polar surface area (TPSA) is 87.1 Å². The van der Waals surface area contributed by atoms with Crippen LogP contribution in [0.3, 0.4) is 0 Å². The van der Waals surface area contributed by atoms with Crippen LogP contribution in [-0.4, -0.2) is 32.8 Å². The van der Waals surface area contributed by atoms with E-state index in [1.165, 1.54) is 4.90 Å². The number of fused-ring (bicyclic) bond motifs is 1. The van der Waals surface area contributed by atoms with Gasteiger partial charge in [0.2, 0.25) is 0 Å². The second kappa shape index (κ2) is 6.74. The molecule has 1 aromatic rings. The predicted octanol–water partition coefficient (Wildman–Crippen LogP) is -0.828. The molecular weight excluding hydrogens is 281 g/mol. The van der Waals surface area contributed by atoms with Crippen molar-refractivity contribution in [3.8, 4) is 0 Å². The fourth-order valence-corrected chi connectivity index (χ4v) is 2.29. The molecule has 2 rings (SSSR count). The maximum Gasteiger partial charge on any atom is 1.00 e. The molecule has 116 valence electrons. The quantitative estimate of drug-likeness (QED) is 0.696. The van der Waals surface area contributed by atoms with Crippen LogP contribution in [0.5, 0.6) is 0 Å². The molecule has 0 radical (unpaired) electrons. The molecule has 0 aromatic heterocycles. The number of nitrogens with zero attached hydrogens (tertiary/aromatic N) is 1. The van der Waals surface area contributed by atoms with Crippen LogP contribution in [0.4, 0.5) is 4.79 Å². The van der Waals surface area contributed by atoms with Gasteiger partial charge in [0.15, 0.2) is 6.10 Å². The standard InChI is InChI=1S/C15H19NO5.Li.H/c1-15(2,3)21-14(20)16-7-9-5-4-6-10(11(9)8-16)12(17)13(18)19;;/h4-6,12,17H,7-8H2,1-3H3,(H,18,19);;/q;+1;-1. The summed E-state index contributed by atoms with van der Waals surface area (Å²) in [5.74, 6) is -1.31. The summed E-state index contributed by atoms with van der Waals surface area (Å²) in [4.78, 5) is 24.5. The number of carboxylic acids is 1. The zero-order valence-electron chi connectivity index (χ0n) is 14.3. The van der Waals surface area contributed by atoms with Gasteiger partial charge in [-0.2, -0.15) is 0 Å². The molecule has 0 saturated carbocycles. The van der Waals surface area contributed by atoms with Gasteiger partial charge in [-0.15, -0.1) is 0 Å². The van der Waals surface area contributed by atoms with Crippen LogP contribution in [0, 0.1) is 0 Å². The van der Waals surface area contributed by atoms with Crippen molar-refractivity contribution in [3.63, 3.8) is 0 Å². The number of aliphatic hydroxyl groups excluding tert-OH is 1. The Kier molecular flexibility index (Phi) is 5.69. The predicted molar refractivity (Wildman–Crippen MR) is 75.6 cm³/mol. The maximum atomic E-state index is 12.1. The Hall–Kier alpha value is -1.48. The van der Waals surface area contributed by atoms with Gasteiger partial charge < -0.3 is 16.4 Å². The average molecular weight is 301 g/mol. The van der Waals surface area contributed by atoms with E-state index in [-0.39, 0.29) is 26.8 Å². The smallest absolute Gasteiger partial charge is 1.00 e. The molecule has 22 heavy (non-hydrogen) atoms. The zero-order chi connectivity index (χ0) is 15.8. The molecule has 7 heteroatoms. The normalized spacial score (nSPS) is 14.8. The molecule has 6 nitrogen and oxygen atoms in total. The summed E-state index contributed by atoms with van der Waals surface area (Å²) in [5, 5.41) is 18.7. The van der Waals surface area contributed by atoms with E-state index in [0.29, 0.717) is 17.7 Å². The minimum absolute atomic E-state index is 0. The van der Waals surface area contributed by atoms with E-state index in [9.17, 15) is 14.7 Å². The fourth-order valence-electron chi connectivity index (χ4n) is 2.29. The van der Waals surface area contributed by atoms with Gasteiger partial charge in [0.25, 0.3) is 0 Å². The number of carbonyl (C=O) groups is 2. The molecule has 0 saturated heterocycles. The molecule has 1 aromatic carbocycles. The van der Waals surface area contributed by atoms with Crippen LogP contribution in [-0.2, 0) is 22.6 Å². The third-order valence-corrected chi connectivity index (χ3v) is 3.20. The van der Waals surface area contributed by atoms with E-state index in [4.69, 9.17) is 9.84 Å². The molecule has 0 spiro atoms. The van der Waals surface area contributed by atoms with Crippen molar-refractivity contribution in [1.29, 1.82) is 0 Å². The fraction of sp³-hybridized carbons (Fsp3) is 0.467. The summed E-state index contributed by atoms with van der Waals surface area (Å²) in [6, 6.07) is 5.06. The largest absolute Gasteiger partial charge is 1.00 e. The van der Waals surface area contributed by atoms with Gasteiger partial charge in [-0.3, -0.25) is 4.90 Å². The molecule has 1 amide bonds. The Morgan fingerprint density at radius 1 is 1.32 bits per heavy atom. The summed E-state index contributed by atoms with van der Waals surface area (Å²) < 4.78 is 5.31. The van der Waals surface area contributed by atoms with E-state index in [1.54, 1.807) is 32.9 Å². The van der Waals surface area contributed by atoms with Crippen LogP contribution in [0.25, 0.3) is 0 Å². The molecule has 1 aliphatic heterocycles. The van der Waals surface area contributed by atoms with Crippen molar-refractivity contribution < 1.29 is 44.8 Å². The molecular formula is C15H20LiNO5. The SMILES string of the molecule is CC(C)(C)OC(=O)N1Cc2cccc(C(O)C(=O)O)c2C1.[H-].[Li+]. The summed E-state index contributed by atoms with van der Waals surface area (Å²) in [7, 11) is 0. The van der Waals surface area contributed by atoms with Crippen molar-refractivity contribution in [3.05, 3.63) is 34.9 Å². The first-order chi connectivity index (χ1) is 9.69. The number of hydrogen-bond acceptors (Lipinski definition) is 4. The minimum Gasteiger partial charge on any atom is -1.00 e. The van der Waals surface area contributed by atoms with Crippen molar-refractivity contribution in [1.82, 2.24) is 4.90 Å². The van der Waals surface area contributed by atoms with Crippen molar-refractivity contribution in [2.45, 2.75) is 45.6 Å². The summed E-state index contributed by atoms with van der Waals surface area (Å²) in [6.45, 7) is 5.95. The first-order valence-electron chi connectivity index (χ1n) is 6.68. The van der Waals surface area contributed by atoms with E-state index in [1.807, 2.05) is 6.07 Å². The first kappa shape index (κ1) is 18.6. The number of carboxylic acid groups (broad SMARTS) is 1. The van der Waals surface area contributed by atoms with Crippen LogP contribution < -0.4 is 18.9 Å². The molecule has 1 aliphatic rings. The third kappa shape index (κ3) is 4.04. The molecule has 0 fully saturated rings. The van der Waals surface area contributed by atoms with Crippen LogP contribution >= 0.6 is 0 Å². The Morgan fingerprint density at radius 2 is 1.95 bits per heavy atom. The van der Waals surface area contributed by atoms with Gasteiger partial charge in [-0.1, -0.05) is 18.2 Å². The third-order valence-electron chi connectivity index (χ3n) is 3.20. The van der Waals surface area contributed by atoms with E-state index >= 15 is 0 Å². The van der Waals surface area contributed by atoms with Crippen LogP contribution in [0.1, 0.15) is 45.0 Å². The monoisotopic (exact) mass is 301 g/mol. The molecule has 0 aliphatic carbocycles. The van der Waals surface area contributed by atoms with Gasteiger partial charge >= 0.3 is 30.9 Å². The number of aliphatic carboxylic acids is 1. The molecule has 2 N–H and O–H groups in total. The van der Waals surface area contributed by atoms with E-state index < -0.39 is 23.8 Å². The van der Waals surface area contributed by atoms with Crippen molar-refractivity contribution >= 4 is 12.1 Å². The van der Waals surface area contributed by atoms with E-state index in [0.717, 1.165) is 5.56 Å². The Labute approximate surface area is 142 Å². The summed E-state index contributed by atoms with van der Waals surface area (Å²) in [6.07, 6.45) is -2.03. The van der Waals surface area contributed by atoms with Crippen molar-refractivity contribution in [2.75, 3.05) is 0 Å². The number of aliphatic hydroxyl groups is 1. The van der Waals surface area contributed by atoms with Gasteiger partial charge in [-0.05, 0) is 37.5 Å². The van der Waals surface area contributed by atoms with Gasteiger partial charge in [0.1, 0.15) is 5.60 Å². The second-order valence-corrected chi connectivity index (χ2v) is 6.06. The second-order valence-electron chi connectivity index (χ2n) is 6.06. The summed E-state index contributed by atoms with van der Waals surface area (Å²) >= 11 is 0. The Balaban J connectivity index is 0.00000242. The number of carbonyl (C=O) groups excluding carboxylic acids is 1. The molecule has 0 bridgehead atoms. The Bertz CT molecular complexity index is 588. The Morgan fingerprint density at radius 3 is 2.50 bits per heavy atom. The number of rotatable bonds is 2. The van der Waals surface area contributed by atoms with Gasteiger partial charge in [-0.25, -0.2) is 9.59 Å². The first-order valence-corrected chi connectivity index (χ1v) is 6.68. The maximum absolute atomic E-state index is 12.1. The van der Waals surface area contributed by atoms with Crippen LogP contribution in [0.15, 0.2) is 18.2 Å². The average Bonchev–Trinajstić information content (AvgIpc) is 2.79. The number of ether oxygens (including phenoxy) is 1. The summed E-state index contributed by atoms with van der Waals surface area (Å²) in [5.41, 5.74) is 1.25. The molecule has 1 unspecified atom stereocenters. The molecule has 1 heterocycles. The van der Waals surface area contributed by atoms with Crippen LogP contribution in [0.2, 0.25) is 0 Å². The number of hydrogen-bond donors (Lipinski definition) is 2. The van der Waals surface area contributed by atoms with Crippen molar-refractivity contribution in [2.24, 2.45) is 0 Å². The number of amides is 1. The minimum atomic E-state index is -1.58. The van der Waals surface area contributed by atoms with E-state index in [2.05, 4.69) is 0 Å². The van der Waals surface area contributed by atoms with Gasteiger partial charge in [0.05, 0.1) is 6.54 Å². The molecule has 1 atom stereocenters.